The molecule has 0 bridgehead atoms. The van der Waals surface area contributed by atoms with Crippen LogP contribution in [-0.2, 0) is 26.0 Å². The molecule has 9 heteroatoms. The summed E-state index contributed by atoms with van der Waals surface area (Å²) in [5, 5.41) is 3.91. The van der Waals surface area contributed by atoms with Crippen LogP contribution in [0.1, 0.15) is 42.7 Å². The highest BCUT2D eigenvalue weighted by molar-refractivity contribution is 7.88. The molecule has 0 spiro atoms. The van der Waals surface area contributed by atoms with E-state index in [4.69, 9.17) is 9.26 Å². The van der Waals surface area contributed by atoms with E-state index in [2.05, 4.69) is 5.16 Å². The summed E-state index contributed by atoms with van der Waals surface area (Å²) >= 11 is 0. The number of likely N-dealkylation sites (tertiary alicyclic amines) is 1. The number of hydrogen-bond acceptors (Lipinski definition) is 6. The average Bonchev–Trinajstić information content (AvgIpc) is 2.94. The molecule has 1 aromatic rings. The third-order valence-electron chi connectivity index (χ3n) is 5.55. The molecule has 1 unspecified atom stereocenters. The second-order valence-corrected chi connectivity index (χ2v) is 9.44. The molecule has 0 radical (unpaired) electrons. The molecular weight excluding hydrogens is 370 g/mol. The van der Waals surface area contributed by atoms with Crippen LogP contribution in [0, 0.1) is 13.8 Å². The number of amides is 1. The number of sulfonamides is 1. The fraction of sp³-hybridized carbons (Fsp3) is 0.778. The molecule has 27 heavy (non-hydrogen) atoms. The monoisotopic (exact) mass is 399 g/mol. The smallest absolute Gasteiger partial charge is 0.227 e. The van der Waals surface area contributed by atoms with Crippen molar-refractivity contribution in [1.29, 1.82) is 0 Å². The number of nitrogens with zero attached hydrogens (tertiary/aromatic N) is 3. The predicted molar refractivity (Wildman–Crippen MR) is 99.8 cm³/mol. The van der Waals surface area contributed by atoms with Crippen LogP contribution in [0.5, 0.6) is 0 Å². The normalized spacial score (nSPS) is 22.4. The molecule has 1 aromatic heterocycles. The van der Waals surface area contributed by atoms with Gasteiger partial charge in [0, 0.05) is 44.0 Å². The summed E-state index contributed by atoms with van der Waals surface area (Å²) in [6.45, 7) is 5.89. The van der Waals surface area contributed by atoms with E-state index in [1.165, 1.54) is 6.26 Å². The van der Waals surface area contributed by atoms with Gasteiger partial charge in [0.2, 0.25) is 15.9 Å². The first kappa shape index (κ1) is 20.3. The molecule has 152 valence electrons. The zero-order valence-corrected chi connectivity index (χ0v) is 17.1. The van der Waals surface area contributed by atoms with E-state index >= 15 is 0 Å². The summed E-state index contributed by atoms with van der Waals surface area (Å²) < 4.78 is 37.2. The van der Waals surface area contributed by atoms with Crippen LogP contribution < -0.4 is 0 Å². The van der Waals surface area contributed by atoms with Gasteiger partial charge in [-0.25, -0.2) is 8.42 Å². The Balaban J connectivity index is 1.72. The fourth-order valence-electron chi connectivity index (χ4n) is 4.19. The minimum absolute atomic E-state index is 0.00507. The maximum atomic E-state index is 12.8. The fourth-order valence-corrected chi connectivity index (χ4v) is 5.65. The largest absolute Gasteiger partial charge is 0.381 e. The summed E-state index contributed by atoms with van der Waals surface area (Å²) in [7, 11) is -3.36. The molecule has 2 aliphatic rings. The molecule has 1 amide bonds. The van der Waals surface area contributed by atoms with E-state index in [0.29, 0.717) is 44.9 Å². The molecule has 2 fully saturated rings. The van der Waals surface area contributed by atoms with Gasteiger partial charge in [0.25, 0.3) is 0 Å². The number of carbonyl (C=O) groups is 1. The molecule has 2 saturated heterocycles. The topological polar surface area (TPSA) is 92.9 Å². The van der Waals surface area contributed by atoms with Crippen LogP contribution in [-0.4, -0.2) is 73.3 Å². The molecule has 0 saturated carbocycles. The summed E-state index contributed by atoms with van der Waals surface area (Å²) in [6, 6.07) is -0.221. The highest BCUT2D eigenvalue weighted by atomic mass is 32.2. The number of aryl methyl sites for hydroxylation is 2. The Bertz CT molecular complexity index is 750. The van der Waals surface area contributed by atoms with Crippen LogP contribution in [0.15, 0.2) is 4.52 Å². The van der Waals surface area contributed by atoms with Gasteiger partial charge < -0.3 is 14.2 Å². The van der Waals surface area contributed by atoms with Crippen LogP contribution >= 0.6 is 0 Å². The van der Waals surface area contributed by atoms with Crippen molar-refractivity contribution in [2.45, 2.75) is 58.0 Å². The third kappa shape index (κ3) is 4.70. The van der Waals surface area contributed by atoms with Gasteiger partial charge in [0.15, 0.2) is 0 Å². The predicted octanol–water partition coefficient (Wildman–Crippen LogP) is 1.27. The lowest BCUT2D eigenvalue weighted by atomic mass is 10.0. The minimum Gasteiger partial charge on any atom is -0.381 e. The summed E-state index contributed by atoms with van der Waals surface area (Å²) in [6.07, 6.45) is 4.50. The first-order valence-corrected chi connectivity index (χ1v) is 11.4. The molecule has 3 rings (SSSR count). The van der Waals surface area contributed by atoms with Gasteiger partial charge in [0.05, 0.1) is 18.4 Å². The standard InChI is InChI=1S/C18H29N3O5S/c1-13-17(14(2)26-19-13)11-18(22)20-8-4-5-16(12-20)21(27(3,23)24)15-6-9-25-10-7-15/h15-16H,4-12H2,1-3H3. The SMILES string of the molecule is Cc1noc(C)c1CC(=O)N1CCCC(N(C2CCOCC2)S(C)(=O)=O)C1. The quantitative estimate of drug-likeness (QED) is 0.740. The maximum absolute atomic E-state index is 12.8. The van der Waals surface area contributed by atoms with E-state index in [-0.39, 0.29) is 24.4 Å². The average molecular weight is 400 g/mol. The lowest BCUT2D eigenvalue weighted by Crippen LogP contribution is -2.55. The second kappa shape index (κ2) is 8.28. The summed E-state index contributed by atoms with van der Waals surface area (Å²) in [5.74, 6) is 0.656. The van der Waals surface area contributed by atoms with Crippen molar-refractivity contribution in [2.75, 3.05) is 32.6 Å². The summed E-state index contributed by atoms with van der Waals surface area (Å²) in [5.41, 5.74) is 1.56. The van der Waals surface area contributed by atoms with Gasteiger partial charge in [-0.05, 0) is 39.5 Å². The molecule has 3 heterocycles. The Morgan fingerprint density at radius 2 is 1.93 bits per heavy atom. The summed E-state index contributed by atoms with van der Waals surface area (Å²) in [4.78, 5) is 14.6. The maximum Gasteiger partial charge on any atom is 0.227 e. The highest BCUT2D eigenvalue weighted by Crippen LogP contribution is 2.26. The Labute approximate surface area is 160 Å². The van der Waals surface area contributed by atoms with Gasteiger partial charge >= 0.3 is 0 Å². The lowest BCUT2D eigenvalue weighted by Gasteiger charge is -2.42. The van der Waals surface area contributed by atoms with Gasteiger partial charge in [-0.15, -0.1) is 0 Å². The third-order valence-corrected chi connectivity index (χ3v) is 6.91. The molecule has 8 nitrogen and oxygen atoms in total. The van der Waals surface area contributed by atoms with Crippen molar-refractivity contribution in [1.82, 2.24) is 14.4 Å². The second-order valence-electron chi connectivity index (χ2n) is 7.55. The first-order chi connectivity index (χ1) is 12.8. The molecule has 0 N–H and O–H groups in total. The highest BCUT2D eigenvalue weighted by Gasteiger charge is 2.37. The van der Waals surface area contributed by atoms with Crippen LogP contribution in [0.4, 0.5) is 0 Å². The van der Waals surface area contributed by atoms with E-state index in [9.17, 15) is 13.2 Å². The van der Waals surface area contributed by atoms with Crippen molar-refractivity contribution < 1.29 is 22.5 Å². The zero-order valence-electron chi connectivity index (χ0n) is 16.3. The van der Waals surface area contributed by atoms with E-state index in [1.807, 2.05) is 6.92 Å². The number of hydrogen-bond donors (Lipinski definition) is 0. The zero-order chi connectivity index (χ0) is 19.6. The van der Waals surface area contributed by atoms with Gasteiger partial charge in [0.1, 0.15) is 5.76 Å². The van der Waals surface area contributed by atoms with Gasteiger partial charge in [-0.1, -0.05) is 5.16 Å². The Morgan fingerprint density at radius 1 is 1.22 bits per heavy atom. The minimum atomic E-state index is -3.36. The van der Waals surface area contributed by atoms with Crippen LogP contribution in [0.2, 0.25) is 0 Å². The number of piperidine rings is 1. The van der Waals surface area contributed by atoms with Crippen molar-refractivity contribution in [3.63, 3.8) is 0 Å². The van der Waals surface area contributed by atoms with E-state index in [0.717, 1.165) is 24.1 Å². The first-order valence-electron chi connectivity index (χ1n) is 9.53. The van der Waals surface area contributed by atoms with Crippen molar-refractivity contribution in [2.24, 2.45) is 0 Å². The molecule has 1 atom stereocenters. The van der Waals surface area contributed by atoms with Crippen LogP contribution in [0.3, 0.4) is 0 Å². The number of rotatable bonds is 5. The Hall–Kier alpha value is -1.45. The van der Waals surface area contributed by atoms with E-state index < -0.39 is 10.0 Å². The number of ether oxygens (including phenoxy) is 1. The van der Waals surface area contributed by atoms with Gasteiger partial charge in [-0.3, -0.25) is 4.79 Å². The molecule has 2 aliphatic heterocycles. The van der Waals surface area contributed by atoms with E-state index in [1.54, 1.807) is 16.1 Å². The Kier molecular flexibility index (Phi) is 6.22. The van der Waals surface area contributed by atoms with Gasteiger partial charge in [-0.2, -0.15) is 4.31 Å². The number of carbonyl (C=O) groups excluding carboxylic acids is 1. The molecular formula is C18H29N3O5S. The lowest BCUT2D eigenvalue weighted by molar-refractivity contribution is -0.132. The van der Waals surface area contributed by atoms with Crippen molar-refractivity contribution in [3.05, 3.63) is 17.0 Å². The van der Waals surface area contributed by atoms with Crippen molar-refractivity contribution >= 4 is 15.9 Å². The number of aromatic nitrogens is 1. The molecule has 0 aromatic carbocycles. The molecule has 0 aliphatic carbocycles. The van der Waals surface area contributed by atoms with Crippen molar-refractivity contribution in [3.8, 4) is 0 Å². The Morgan fingerprint density at radius 3 is 2.52 bits per heavy atom. The van der Waals surface area contributed by atoms with Crippen LogP contribution in [0.25, 0.3) is 0 Å².